The van der Waals surface area contributed by atoms with Crippen molar-refractivity contribution in [3.8, 4) is 0 Å². The minimum Gasteiger partial charge on any atom is -0.399 e. The molecule has 2 N–H and O–H groups in total. The predicted molar refractivity (Wildman–Crippen MR) is 73.8 cm³/mol. The van der Waals surface area contributed by atoms with Gasteiger partial charge in [-0.15, -0.1) is 0 Å². The fourth-order valence-corrected chi connectivity index (χ4v) is 1.93. The number of rotatable bonds is 9. The molecule has 0 spiro atoms. The Labute approximate surface area is 109 Å². The van der Waals surface area contributed by atoms with Gasteiger partial charge in [0.15, 0.2) is 0 Å². The van der Waals surface area contributed by atoms with Gasteiger partial charge in [0.2, 0.25) is 0 Å². The first-order valence-electron chi connectivity index (χ1n) is 6.85. The smallest absolute Gasteiger partial charge is 0.125 e. The number of benzene rings is 1. The maximum Gasteiger partial charge on any atom is 0.125 e. The molecule has 102 valence electrons. The molecule has 0 amide bonds. The summed E-state index contributed by atoms with van der Waals surface area (Å²) in [5.74, 6) is -0.298. The first-order chi connectivity index (χ1) is 8.72. The van der Waals surface area contributed by atoms with Crippen molar-refractivity contribution in [3.05, 3.63) is 29.6 Å². The van der Waals surface area contributed by atoms with Gasteiger partial charge in [-0.1, -0.05) is 39.0 Å². The molecule has 1 aromatic carbocycles. The van der Waals surface area contributed by atoms with Gasteiger partial charge in [0.25, 0.3) is 0 Å². The lowest BCUT2D eigenvalue weighted by molar-refractivity contribution is 0.116. The summed E-state index contributed by atoms with van der Waals surface area (Å²) in [5, 5.41) is 0. The Morgan fingerprint density at radius 2 is 1.78 bits per heavy atom. The number of halogens is 1. The molecule has 1 rings (SSSR count). The van der Waals surface area contributed by atoms with Gasteiger partial charge < -0.3 is 10.5 Å². The lowest BCUT2D eigenvalue weighted by Gasteiger charge is -2.05. The Kier molecular flexibility index (Phi) is 7.42. The molecule has 2 nitrogen and oxygen atoms in total. The van der Waals surface area contributed by atoms with E-state index in [0.29, 0.717) is 12.3 Å². The Bertz CT molecular complexity index is 321. The number of anilines is 1. The van der Waals surface area contributed by atoms with E-state index in [4.69, 9.17) is 10.5 Å². The maximum atomic E-state index is 13.0. The van der Waals surface area contributed by atoms with Crippen LogP contribution in [0.3, 0.4) is 0 Å². The van der Waals surface area contributed by atoms with Gasteiger partial charge in [-0.3, -0.25) is 0 Å². The summed E-state index contributed by atoms with van der Waals surface area (Å²) in [5.41, 5.74) is 6.82. The van der Waals surface area contributed by atoms with E-state index in [9.17, 15) is 4.39 Å². The summed E-state index contributed by atoms with van der Waals surface area (Å²) in [6.45, 7) is 3.40. The van der Waals surface area contributed by atoms with Crippen LogP contribution in [-0.4, -0.2) is 6.61 Å². The van der Waals surface area contributed by atoms with Gasteiger partial charge in [0, 0.05) is 12.3 Å². The maximum absolute atomic E-state index is 13.0. The average Bonchev–Trinajstić information content (AvgIpc) is 2.31. The quantitative estimate of drug-likeness (QED) is 0.526. The van der Waals surface area contributed by atoms with Crippen LogP contribution in [0.4, 0.5) is 10.1 Å². The van der Waals surface area contributed by atoms with Crippen LogP contribution in [-0.2, 0) is 11.3 Å². The first-order valence-corrected chi connectivity index (χ1v) is 6.85. The topological polar surface area (TPSA) is 35.2 Å². The summed E-state index contributed by atoms with van der Waals surface area (Å²) >= 11 is 0. The Morgan fingerprint density at radius 3 is 2.50 bits per heavy atom. The molecule has 3 heteroatoms. The predicted octanol–water partition coefficient (Wildman–Crippen LogP) is 4.29. The minimum absolute atomic E-state index is 0.298. The van der Waals surface area contributed by atoms with Crippen LogP contribution in [0.2, 0.25) is 0 Å². The Morgan fingerprint density at radius 1 is 1.06 bits per heavy atom. The van der Waals surface area contributed by atoms with Gasteiger partial charge in [-0.2, -0.15) is 0 Å². The summed E-state index contributed by atoms with van der Waals surface area (Å²) in [6, 6.07) is 4.54. The van der Waals surface area contributed by atoms with Crippen LogP contribution >= 0.6 is 0 Å². The van der Waals surface area contributed by atoms with Gasteiger partial charge in [0.05, 0.1) is 6.61 Å². The highest BCUT2D eigenvalue weighted by Gasteiger charge is 1.99. The first kappa shape index (κ1) is 15.0. The van der Waals surface area contributed by atoms with Crippen LogP contribution in [0, 0.1) is 5.82 Å². The second-order valence-electron chi connectivity index (χ2n) is 4.71. The zero-order valence-electron chi connectivity index (χ0n) is 11.3. The number of unbranched alkanes of at least 4 members (excludes halogenated alkanes) is 5. The lowest BCUT2D eigenvalue weighted by Crippen LogP contribution is -1.97. The fraction of sp³-hybridized carbons (Fsp3) is 0.600. The molecule has 0 saturated heterocycles. The van der Waals surface area contributed by atoms with Gasteiger partial charge in [-0.05, 0) is 30.2 Å². The van der Waals surface area contributed by atoms with E-state index in [1.807, 2.05) is 0 Å². The SMILES string of the molecule is CCCCCCCCOCc1cc(N)cc(F)c1. The van der Waals surface area contributed by atoms with Crippen molar-refractivity contribution >= 4 is 5.69 Å². The second kappa shape index (κ2) is 8.92. The number of hydrogen-bond acceptors (Lipinski definition) is 2. The van der Waals surface area contributed by atoms with Crippen LogP contribution in [0.15, 0.2) is 18.2 Å². The lowest BCUT2D eigenvalue weighted by atomic mass is 10.1. The highest BCUT2D eigenvalue weighted by molar-refractivity contribution is 5.41. The van der Waals surface area contributed by atoms with Crippen molar-refractivity contribution in [3.63, 3.8) is 0 Å². The number of ether oxygens (including phenoxy) is 1. The normalized spacial score (nSPS) is 10.8. The third-order valence-corrected chi connectivity index (χ3v) is 2.89. The molecule has 0 aliphatic rings. The van der Waals surface area contributed by atoms with Gasteiger partial charge in [-0.25, -0.2) is 4.39 Å². The van der Waals surface area contributed by atoms with E-state index in [2.05, 4.69) is 6.92 Å². The standard InChI is InChI=1S/C15H24FNO/c1-2-3-4-5-6-7-8-18-12-13-9-14(16)11-15(17)10-13/h9-11H,2-8,12,17H2,1H3. The van der Waals surface area contributed by atoms with Crippen LogP contribution in [0.25, 0.3) is 0 Å². The molecule has 1 aromatic rings. The molecular formula is C15H24FNO. The molecule has 0 aliphatic carbocycles. The molecule has 0 fully saturated rings. The molecule has 0 heterocycles. The average molecular weight is 253 g/mol. The van der Waals surface area contributed by atoms with Crippen molar-refractivity contribution in [1.29, 1.82) is 0 Å². The number of nitrogen functional groups attached to an aromatic ring is 1. The van der Waals surface area contributed by atoms with Crippen molar-refractivity contribution in [2.75, 3.05) is 12.3 Å². The molecular weight excluding hydrogens is 229 g/mol. The third kappa shape index (κ3) is 6.60. The van der Waals surface area contributed by atoms with Crippen LogP contribution in [0.1, 0.15) is 51.0 Å². The molecule has 0 unspecified atom stereocenters. The highest BCUT2D eigenvalue weighted by atomic mass is 19.1. The largest absolute Gasteiger partial charge is 0.399 e. The summed E-state index contributed by atoms with van der Waals surface area (Å²) in [7, 11) is 0. The fourth-order valence-electron chi connectivity index (χ4n) is 1.93. The minimum atomic E-state index is -0.298. The van der Waals surface area contributed by atoms with Crippen molar-refractivity contribution < 1.29 is 9.13 Å². The molecule has 0 atom stereocenters. The molecule has 18 heavy (non-hydrogen) atoms. The summed E-state index contributed by atoms with van der Waals surface area (Å²) < 4.78 is 18.6. The number of hydrogen-bond donors (Lipinski definition) is 1. The van der Waals surface area contributed by atoms with E-state index >= 15 is 0 Å². The monoisotopic (exact) mass is 253 g/mol. The molecule has 0 bridgehead atoms. The molecule has 0 aromatic heterocycles. The van der Waals surface area contributed by atoms with E-state index in [-0.39, 0.29) is 5.82 Å². The van der Waals surface area contributed by atoms with Crippen LogP contribution in [0.5, 0.6) is 0 Å². The second-order valence-corrected chi connectivity index (χ2v) is 4.71. The number of nitrogens with two attached hydrogens (primary N) is 1. The summed E-state index contributed by atoms with van der Waals surface area (Å²) in [4.78, 5) is 0. The van der Waals surface area contributed by atoms with Crippen LogP contribution < -0.4 is 5.73 Å². The van der Waals surface area contributed by atoms with E-state index < -0.39 is 0 Å². The highest BCUT2D eigenvalue weighted by Crippen LogP contribution is 2.12. The van der Waals surface area contributed by atoms with E-state index in [1.54, 1.807) is 6.07 Å². The molecule has 0 saturated carbocycles. The molecule has 0 aliphatic heterocycles. The van der Waals surface area contributed by atoms with E-state index in [1.165, 1.54) is 44.2 Å². The van der Waals surface area contributed by atoms with Crippen molar-refractivity contribution in [1.82, 2.24) is 0 Å². The van der Waals surface area contributed by atoms with Gasteiger partial charge in [0.1, 0.15) is 5.82 Å². The van der Waals surface area contributed by atoms with Crippen molar-refractivity contribution in [2.45, 2.75) is 52.1 Å². The molecule has 0 radical (unpaired) electrons. The Hall–Kier alpha value is -1.09. The third-order valence-electron chi connectivity index (χ3n) is 2.89. The zero-order chi connectivity index (χ0) is 13.2. The van der Waals surface area contributed by atoms with Crippen molar-refractivity contribution in [2.24, 2.45) is 0 Å². The summed E-state index contributed by atoms with van der Waals surface area (Å²) in [6.07, 6.45) is 7.49. The Balaban J connectivity index is 2.07. The zero-order valence-corrected chi connectivity index (χ0v) is 11.3. The van der Waals surface area contributed by atoms with E-state index in [0.717, 1.165) is 18.6 Å². The van der Waals surface area contributed by atoms with Gasteiger partial charge >= 0.3 is 0 Å².